The third-order valence-corrected chi connectivity index (χ3v) is 7.12. The van der Waals surface area contributed by atoms with E-state index in [1.165, 1.54) is 27.1 Å². The van der Waals surface area contributed by atoms with Gasteiger partial charge in [0.05, 0.1) is 5.02 Å². The topological polar surface area (TPSA) is 88.0 Å². The van der Waals surface area contributed by atoms with Crippen molar-refractivity contribution in [1.82, 2.24) is 5.32 Å². The number of fused-ring (bicyclic) bond motifs is 1. The van der Waals surface area contributed by atoms with Gasteiger partial charge in [0, 0.05) is 10.6 Å². The van der Waals surface area contributed by atoms with Crippen LogP contribution in [0.2, 0.25) is 5.02 Å². The van der Waals surface area contributed by atoms with E-state index >= 15 is 0 Å². The van der Waals surface area contributed by atoms with Crippen molar-refractivity contribution in [1.29, 1.82) is 0 Å². The highest BCUT2D eigenvalue weighted by atomic mass is 35.5. The van der Waals surface area contributed by atoms with Crippen LogP contribution in [0.3, 0.4) is 0 Å². The van der Waals surface area contributed by atoms with Gasteiger partial charge in [0.1, 0.15) is 24.5 Å². The standard InChI is InChI=1S/C24H24ClNOS.C4H6O4/c25-23-11-8-20-12-14-26-15-13-22(20)24(23)28-17-19-6-9-21(10-7-19)27-16-18-4-2-1-3-5-18;1-3(8-7)2-4(5)6/h1-11,26H,12-17H2;7H,1-2H2,(H,5,6). The lowest BCUT2D eigenvalue weighted by Gasteiger charge is -2.14. The van der Waals surface area contributed by atoms with Crippen LogP contribution in [0.5, 0.6) is 5.75 Å². The predicted molar refractivity (Wildman–Crippen MR) is 144 cm³/mol. The Balaban J connectivity index is 0.000000392. The highest BCUT2D eigenvalue weighted by Gasteiger charge is 2.15. The predicted octanol–water partition coefficient (Wildman–Crippen LogP) is 6.36. The SMILES string of the molecule is C=C(CC(=O)O)OO.Clc1ccc2c(c1SCc1ccc(OCc3ccccc3)cc1)CCNCC2. The molecule has 0 amide bonds. The molecule has 8 heteroatoms. The number of nitrogens with one attached hydrogen (secondary N) is 1. The van der Waals surface area contributed by atoms with Crippen LogP contribution >= 0.6 is 23.4 Å². The first-order chi connectivity index (χ1) is 17.5. The second-order valence-corrected chi connectivity index (χ2v) is 9.56. The van der Waals surface area contributed by atoms with Crippen molar-refractivity contribution >= 4 is 29.3 Å². The van der Waals surface area contributed by atoms with Crippen molar-refractivity contribution in [2.24, 2.45) is 0 Å². The van der Waals surface area contributed by atoms with Gasteiger partial charge in [-0.25, -0.2) is 5.26 Å². The van der Waals surface area contributed by atoms with Gasteiger partial charge < -0.3 is 20.0 Å². The molecule has 1 aliphatic rings. The summed E-state index contributed by atoms with van der Waals surface area (Å²) in [7, 11) is 0. The van der Waals surface area contributed by atoms with Gasteiger partial charge in [-0.1, -0.05) is 66.7 Å². The largest absolute Gasteiger partial charge is 0.489 e. The van der Waals surface area contributed by atoms with Crippen LogP contribution in [0.4, 0.5) is 0 Å². The Kier molecular flexibility index (Phi) is 11.2. The van der Waals surface area contributed by atoms with Crippen molar-refractivity contribution < 1.29 is 24.8 Å². The fourth-order valence-corrected chi connectivity index (χ4v) is 5.10. The summed E-state index contributed by atoms with van der Waals surface area (Å²) >= 11 is 8.38. The van der Waals surface area contributed by atoms with E-state index in [4.69, 9.17) is 26.7 Å². The van der Waals surface area contributed by atoms with E-state index in [9.17, 15) is 4.79 Å². The number of carboxylic acid groups (broad SMARTS) is 1. The molecule has 0 radical (unpaired) electrons. The number of ether oxygens (including phenoxy) is 1. The van der Waals surface area contributed by atoms with Gasteiger partial charge in [-0.3, -0.25) is 4.79 Å². The zero-order valence-electron chi connectivity index (χ0n) is 19.9. The molecule has 3 aromatic rings. The molecule has 1 aliphatic heterocycles. The quantitative estimate of drug-likeness (QED) is 0.129. The number of carboxylic acids is 1. The summed E-state index contributed by atoms with van der Waals surface area (Å²) < 4.78 is 5.88. The summed E-state index contributed by atoms with van der Waals surface area (Å²) in [4.78, 5) is 14.4. The van der Waals surface area contributed by atoms with Gasteiger partial charge in [-0.2, -0.15) is 0 Å². The third kappa shape index (κ3) is 8.91. The number of aliphatic carboxylic acids is 1. The fourth-order valence-electron chi connectivity index (χ4n) is 3.65. The van der Waals surface area contributed by atoms with Crippen molar-refractivity contribution in [2.75, 3.05) is 13.1 Å². The first kappa shape index (κ1) is 27.6. The minimum absolute atomic E-state index is 0.169. The number of halogens is 1. The molecule has 3 N–H and O–H groups in total. The Labute approximate surface area is 220 Å². The second kappa shape index (κ2) is 14.6. The summed E-state index contributed by atoms with van der Waals surface area (Å²) in [5.74, 6) is 0.555. The lowest BCUT2D eigenvalue weighted by atomic mass is 10.0. The summed E-state index contributed by atoms with van der Waals surface area (Å²) in [6, 6.07) is 22.9. The Hall–Kier alpha value is -2.97. The maximum atomic E-state index is 9.72. The summed E-state index contributed by atoms with van der Waals surface area (Å²) in [5.41, 5.74) is 5.31. The van der Waals surface area contributed by atoms with Crippen molar-refractivity contribution in [3.05, 3.63) is 106 Å². The Morgan fingerprint density at radius 1 is 1.00 bits per heavy atom. The van der Waals surface area contributed by atoms with Crippen LogP contribution < -0.4 is 10.1 Å². The fraction of sp³-hybridized carbons (Fsp3) is 0.250. The molecule has 0 saturated carbocycles. The molecule has 0 aromatic heterocycles. The van der Waals surface area contributed by atoms with E-state index in [2.05, 4.69) is 65.3 Å². The number of rotatable bonds is 9. The molecule has 36 heavy (non-hydrogen) atoms. The summed E-state index contributed by atoms with van der Waals surface area (Å²) in [5, 5.41) is 20.0. The minimum Gasteiger partial charge on any atom is -0.489 e. The molecule has 0 bridgehead atoms. The van der Waals surface area contributed by atoms with Gasteiger partial charge >= 0.3 is 5.97 Å². The van der Waals surface area contributed by atoms with Gasteiger partial charge in [-0.05, 0) is 66.4 Å². The molecule has 6 nitrogen and oxygen atoms in total. The van der Waals surface area contributed by atoms with Gasteiger partial charge in [0.25, 0.3) is 0 Å². The first-order valence-corrected chi connectivity index (χ1v) is 12.9. The molecule has 0 aliphatic carbocycles. The van der Waals surface area contributed by atoms with E-state index < -0.39 is 5.97 Å². The number of benzene rings is 3. The van der Waals surface area contributed by atoms with Crippen LogP contribution in [-0.4, -0.2) is 29.4 Å². The van der Waals surface area contributed by atoms with E-state index in [1.807, 2.05) is 30.0 Å². The zero-order valence-corrected chi connectivity index (χ0v) is 21.5. The highest BCUT2D eigenvalue weighted by Crippen LogP contribution is 2.36. The Morgan fingerprint density at radius 2 is 1.72 bits per heavy atom. The van der Waals surface area contributed by atoms with E-state index in [0.717, 1.165) is 42.5 Å². The minimum atomic E-state index is -1.08. The molecule has 1 heterocycles. The lowest BCUT2D eigenvalue weighted by Crippen LogP contribution is -2.16. The molecule has 4 rings (SSSR count). The van der Waals surface area contributed by atoms with Gasteiger partial charge in [0.15, 0.2) is 0 Å². The van der Waals surface area contributed by atoms with Crippen LogP contribution in [0.25, 0.3) is 0 Å². The number of thioether (sulfide) groups is 1. The van der Waals surface area contributed by atoms with Crippen LogP contribution in [0.15, 0.2) is 84.0 Å². The number of hydrogen-bond donors (Lipinski definition) is 3. The number of hydrogen-bond acceptors (Lipinski definition) is 6. The highest BCUT2D eigenvalue weighted by molar-refractivity contribution is 7.98. The smallest absolute Gasteiger partial charge is 0.311 e. The first-order valence-electron chi connectivity index (χ1n) is 11.6. The Morgan fingerprint density at radius 3 is 2.39 bits per heavy atom. The molecular formula is C28H30ClNO5S. The molecule has 0 unspecified atom stereocenters. The van der Waals surface area contributed by atoms with E-state index in [1.54, 1.807) is 0 Å². The molecule has 0 spiro atoms. The third-order valence-electron chi connectivity index (χ3n) is 5.46. The normalized spacial score (nSPS) is 12.4. The number of carbonyl (C=O) groups is 1. The van der Waals surface area contributed by atoms with E-state index in [-0.39, 0.29) is 12.2 Å². The second-order valence-electron chi connectivity index (χ2n) is 8.17. The van der Waals surface area contributed by atoms with Crippen molar-refractivity contribution in [3.8, 4) is 5.75 Å². The molecule has 0 saturated heterocycles. The molecule has 0 fully saturated rings. The molecule has 3 aromatic carbocycles. The molecule has 0 atom stereocenters. The van der Waals surface area contributed by atoms with Crippen LogP contribution in [0, 0.1) is 0 Å². The zero-order chi connectivity index (χ0) is 25.8. The average molecular weight is 528 g/mol. The van der Waals surface area contributed by atoms with Gasteiger partial charge in [-0.15, -0.1) is 11.8 Å². The van der Waals surface area contributed by atoms with Gasteiger partial charge in [0.2, 0.25) is 0 Å². The Bertz CT molecular complexity index is 1140. The lowest BCUT2D eigenvalue weighted by molar-refractivity contribution is -0.206. The van der Waals surface area contributed by atoms with E-state index in [0.29, 0.717) is 6.61 Å². The monoisotopic (exact) mass is 527 g/mol. The van der Waals surface area contributed by atoms with Crippen LogP contribution in [0.1, 0.15) is 28.7 Å². The van der Waals surface area contributed by atoms with Crippen molar-refractivity contribution in [2.45, 2.75) is 36.5 Å². The maximum Gasteiger partial charge on any atom is 0.311 e. The molecular weight excluding hydrogens is 498 g/mol. The summed E-state index contributed by atoms with van der Waals surface area (Å²) in [6.07, 6.45) is 1.76. The van der Waals surface area contributed by atoms with Crippen LogP contribution in [-0.2, 0) is 34.9 Å². The average Bonchev–Trinajstić information content (AvgIpc) is 3.14. The van der Waals surface area contributed by atoms with Crippen molar-refractivity contribution in [3.63, 3.8) is 0 Å². The maximum absolute atomic E-state index is 9.72. The summed E-state index contributed by atoms with van der Waals surface area (Å²) in [6.45, 7) is 5.72. The molecule has 190 valence electrons.